The summed E-state index contributed by atoms with van der Waals surface area (Å²) < 4.78 is 2.39. The number of amides is 1. The molecule has 0 bridgehead atoms. The topological polar surface area (TPSA) is 49.3 Å². The molecule has 0 radical (unpaired) electrons. The van der Waals surface area contributed by atoms with Gasteiger partial charge in [0.1, 0.15) is 0 Å². The van der Waals surface area contributed by atoms with Gasteiger partial charge in [0.25, 0.3) is 0 Å². The van der Waals surface area contributed by atoms with Crippen molar-refractivity contribution in [1.29, 1.82) is 0 Å². The van der Waals surface area contributed by atoms with Gasteiger partial charge in [-0.25, -0.2) is 0 Å². The fraction of sp³-hybridized carbons (Fsp3) is 0.609. The summed E-state index contributed by atoms with van der Waals surface area (Å²) in [5, 5.41) is 8.73. The first-order valence-electron chi connectivity index (χ1n) is 10.9. The second-order valence-electron chi connectivity index (χ2n) is 9.09. The van der Waals surface area contributed by atoms with Gasteiger partial charge < -0.3 is 20.1 Å². The summed E-state index contributed by atoms with van der Waals surface area (Å²) in [4.78, 5) is 15.6. The van der Waals surface area contributed by atoms with E-state index < -0.39 is 0 Å². The number of benzene rings is 1. The van der Waals surface area contributed by atoms with Crippen LogP contribution in [0.25, 0.3) is 10.9 Å². The highest BCUT2D eigenvalue weighted by Gasteiger charge is 2.29. The van der Waals surface area contributed by atoms with E-state index in [9.17, 15) is 4.79 Å². The Morgan fingerprint density at radius 1 is 1.38 bits per heavy atom. The van der Waals surface area contributed by atoms with Gasteiger partial charge in [-0.05, 0) is 62.5 Å². The average molecular weight is 417 g/mol. The average Bonchev–Trinajstić information content (AvgIpc) is 2.98. The Morgan fingerprint density at radius 2 is 2.21 bits per heavy atom. The van der Waals surface area contributed by atoms with Crippen molar-refractivity contribution < 1.29 is 4.79 Å². The molecule has 1 amide bonds. The molecule has 158 valence electrons. The third-order valence-electron chi connectivity index (χ3n) is 6.58. The third-order valence-corrected chi connectivity index (χ3v) is 6.81. The highest BCUT2D eigenvalue weighted by molar-refractivity contribution is 6.31. The number of fused-ring (bicyclic) bond motifs is 3. The van der Waals surface area contributed by atoms with Crippen LogP contribution in [0.4, 0.5) is 0 Å². The van der Waals surface area contributed by atoms with Crippen LogP contribution in [-0.4, -0.2) is 48.1 Å². The predicted octanol–water partition coefficient (Wildman–Crippen LogP) is 3.42. The van der Waals surface area contributed by atoms with E-state index in [1.807, 2.05) is 6.07 Å². The molecule has 1 aromatic carbocycles. The summed E-state index contributed by atoms with van der Waals surface area (Å²) in [6, 6.07) is 6.43. The van der Waals surface area contributed by atoms with Crippen molar-refractivity contribution in [2.24, 2.45) is 11.8 Å². The standard InChI is InChI=1S/C23H33ClN4O/c1-15(2)20(23(29)26-17-5-4-9-25-12-17)13-28-21-7-6-16(24)11-19(21)18-8-10-27(3)14-22(18)28/h6-7,11,15,17,20,25H,4-5,8-10,12-14H2,1-3H3,(H,26,29). The fourth-order valence-electron chi connectivity index (χ4n) is 4.83. The van der Waals surface area contributed by atoms with Gasteiger partial charge in [0, 0.05) is 53.8 Å². The van der Waals surface area contributed by atoms with E-state index >= 15 is 0 Å². The van der Waals surface area contributed by atoms with Crippen molar-refractivity contribution in [1.82, 2.24) is 20.1 Å². The van der Waals surface area contributed by atoms with Crippen LogP contribution in [0.3, 0.4) is 0 Å². The van der Waals surface area contributed by atoms with Gasteiger partial charge in [-0.15, -0.1) is 0 Å². The summed E-state index contributed by atoms with van der Waals surface area (Å²) in [7, 11) is 2.17. The molecule has 6 heteroatoms. The van der Waals surface area contributed by atoms with Crippen LogP contribution in [0.15, 0.2) is 18.2 Å². The monoisotopic (exact) mass is 416 g/mol. The van der Waals surface area contributed by atoms with E-state index in [-0.39, 0.29) is 23.8 Å². The molecule has 2 unspecified atom stereocenters. The maximum Gasteiger partial charge on any atom is 0.225 e. The molecule has 2 aliphatic rings. The minimum atomic E-state index is -0.0560. The lowest BCUT2D eigenvalue weighted by molar-refractivity contribution is -0.127. The number of halogens is 1. The van der Waals surface area contributed by atoms with E-state index in [1.165, 1.54) is 22.2 Å². The van der Waals surface area contributed by atoms with Gasteiger partial charge in [0.05, 0.1) is 5.92 Å². The minimum absolute atomic E-state index is 0.0560. The van der Waals surface area contributed by atoms with Crippen LogP contribution in [-0.2, 0) is 24.3 Å². The SMILES string of the molecule is CC(C)C(Cn1c2c(c3cc(Cl)ccc31)CCN(C)C2)C(=O)NC1CCCNC1. The maximum atomic E-state index is 13.2. The molecule has 0 spiro atoms. The lowest BCUT2D eigenvalue weighted by Crippen LogP contribution is -2.48. The van der Waals surface area contributed by atoms with Crippen molar-refractivity contribution in [2.75, 3.05) is 26.7 Å². The van der Waals surface area contributed by atoms with Crippen LogP contribution in [0.2, 0.25) is 5.02 Å². The third kappa shape index (κ3) is 4.32. The molecule has 0 aliphatic carbocycles. The largest absolute Gasteiger partial charge is 0.352 e. The quantitative estimate of drug-likeness (QED) is 0.785. The van der Waals surface area contributed by atoms with Crippen molar-refractivity contribution >= 4 is 28.4 Å². The fourth-order valence-corrected chi connectivity index (χ4v) is 5.00. The second kappa shape index (κ2) is 8.66. The smallest absolute Gasteiger partial charge is 0.225 e. The number of piperidine rings is 1. The number of aromatic nitrogens is 1. The highest BCUT2D eigenvalue weighted by atomic mass is 35.5. The molecule has 2 atom stereocenters. The Morgan fingerprint density at radius 3 is 2.93 bits per heavy atom. The zero-order valence-electron chi connectivity index (χ0n) is 17.8. The molecule has 0 saturated carbocycles. The number of hydrogen-bond donors (Lipinski definition) is 2. The highest BCUT2D eigenvalue weighted by Crippen LogP contribution is 2.33. The molecule has 5 nitrogen and oxygen atoms in total. The Kier molecular flexibility index (Phi) is 6.19. The van der Waals surface area contributed by atoms with E-state index in [0.29, 0.717) is 6.54 Å². The lowest BCUT2D eigenvalue weighted by atomic mass is 9.93. The van der Waals surface area contributed by atoms with E-state index in [1.54, 1.807) is 0 Å². The molecule has 1 fully saturated rings. The number of nitrogens with one attached hydrogen (secondary N) is 2. The molecular formula is C23H33ClN4O. The first kappa shape index (κ1) is 20.7. The molecule has 1 saturated heterocycles. The molecule has 29 heavy (non-hydrogen) atoms. The predicted molar refractivity (Wildman–Crippen MR) is 119 cm³/mol. The number of carbonyl (C=O) groups excluding carboxylic acids is 1. The summed E-state index contributed by atoms with van der Waals surface area (Å²) >= 11 is 6.32. The van der Waals surface area contributed by atoms with Gasteiger partial charge in [-0.3, -0.25) is 4.79 Å². The molecule has 3 heterocycles. The Labute approximate surface area is 178 Å². The first-order valence-corrected chi connectivity index (χ1v) is 11.3. The normalized spacial score (nSPS) is 21.3. The zero-order valence-corrected chi connectivity index (χ0v) is 18.6. The van der Waals surface area contributed by atoms with Crippen LogP contribution in [0.5, 0.6) is 0 Å². The van der Waals surface area contributed by atoms with Crippen molar-refractivity contribution in [3.8, 4) is 0 Å². The van der Waals surface area contributed by atoms with E-state index in [2.05, 4.69) is 53.1 Å². The van der Waals surface area contributed by atoms with Crippen LogP contribution in [0, 0.1) is 11.8 Å². The summed E-state index contributed by atoms with van der Waals surface area (Å²) in [5.74, 6) is 0.398. The van der Waals surface area contributed by atoms with E-state index in [4.69, 9.17) is 11.6 Å². The molecule has 1 aromatic heterocycles. The number of carbonyl (C=O) groups is 1. The lowest BCUT2D eigenvalue weighted by Gasteiger charge is -2.29. The van der Waals surface area contributed by atoms with Crippen molar-refractivity contribution in [3.63, 3.8) is 0 Å². The van der Waals surface area contributed by atoms with Gasteiger partial charge in [0.15, 0.2) is 0 Å². The second-order valence-corrected chi connectivity index (χ2v) is 9.52. The summed E-state index contributed by atoms with van der Waals surface area (Å²) in [6.45, 7) is 8.93. The minimum Gasteiger partial charge on any atom is -0.352 e. The number of likely N-dealkylation sites (N-methyl/N-ethyl adjacent to an activating group) is 1. The van der Waals surface area contributed by atoms with Crippen molar-refractivity contribution in [2.45, 2.75) is 52.2 Å². The molecular weight excluding hydrogens is 384 g/mol. The number of hydrogen-bond acceptors (Lipinski definition) is 3. The Bertz CT molecular complexity index is 885. The Hall–Kier alpha value is -1.56. The molecule has 2 aromatic rings. The van der Waals surface area contributed by atoms with E-state index in [0.717, 1.165) is 50.5 Å². The first-order chi connectivity index (χ1) is 13.9. The molecule has 2 aliphatic heterocycles. The zero-order chi connectivity index (χ0) is 20.5. The van der Waals surface area contributed by atoms with Crippen LogP contribution >= 0.6 is 11.6 Å². The molecule has 4 rings (SSSR count). The number of rotatable bonds is 5. The van der Waals surface area contributed by atoms with Gasteiger partial charge >= 0.3 is 0 Å². The van der Waals surface area contributed by atoms with Crippen LogP contribution < -0.4 is 10.6 Å². The van der Waals surface area contributed by atoms with Gasteiger partial charge in [0.2, 0.25) is 5.91 Å². The summed E-state index contributed by atoms with van der Waals surface area (Å²) in [6.07, 6.45) is 3.22. The Balaban J connectivity index is 1.65. The maximum absolute atomic E-state index is 13.2. The van der Waals surface area contributed by atoms with Gasteiger partial charge in [-0.1, -0.05) is 25.4 Å². The van der Waals surface area contributed by atoms with Gasteiger partial charge in [-0.2, -0.15) is 0 Å². The number of nitrogens with zero attached hydrogens (tertiary/aromatic N) is 2. The summed E-state index contributed by atoms with van der Waals surface area (Å²) in [5.41, 5.74) is 3.95. The van der Waals surface area contributed by atoms with Crippen LogP contribution in [0.1, 0.15) is 37.9 Å². The molecule has 2 N–H and O–H groups in total. The van der Waals surface area contributed by atoms with Crippen molar-refractivity contribution in [3.05, 3.63) is 34.5 Å².